The van der Waals surface area contributed by atoms with Crippen molar-refractivity contribution < 1.29 is 9.53 Å². The Hall–Kier alpha value is -3.64. The second-order valence-electron chi connectivity index (χ2n) is 7.23. The predicted molar refractivity (Wildman–Crippen MR) is 127 cm³/mol. The summed E-state index contributed by atoms with van der Waals surface area (Å²) in [5.74, 6) is 0.584. The maximum absolute atomic E-state index is 13.1. The lowest BCUT2D eigenvalue weighted by Crippen LogP contribution is -2.45. The molecule has 4 rings (SSSR count). The fourth-order valence-corrected chi connectivity index (χ4v) is 3.73. The van der Waals surface area contributed by atoms with Crippen molar-refractivity contribution in [1.29, 1.82) is 0 Å². The molecule has 3 aromatic rings. The average Bonchev–Trinajstić information content (AvgIpc) is 2.79. The van der Waals surface area contributed by atoms with Gasteiger partial charge in [-0.15, -0.1) is 0 Å². The fraction of sp³-hybridized carbons (Fsp3) is 0.120. The van der Waals surface area contributed by atoms with Crippen LogP contribution in [0.15, 0.2) is 96.2 Å². The van der Waals surface area contributed by atoms with Gasteiger partial charge in [0.25, 0.3) is 5.91 Å². The Morgan fingerprint density at radius 2 is 1.61 bits per heavy atom. The van der Waals surface area contributed by atoms with Crippen molar-refractivity contribution in [2.75, 3.05) is 5.32 Å². The summed E-state index contributed by atoms with van der Waals surface area (Å²) in [4.78, 5) is 13.1. The molecule has 1 amide bonds. The first-order valence-electron chi connectivity index (χ1n) is 10.0. The standard InChI is InChI=1S/C25H23N3O2S/c1-17-22(24(29)27-20-10-6-3-7-11-20)23(28-25(31)26-17)19-12-14-21(15-13-19)30-16-18-8-4-2-5-9-18/h2-15,23H,16H2,1H3,(H,27,29)(H2,26,28,31)/t23-/m0/s1. The van der Waals surface area contributed by atoms with E-state index in [1.165, 1.54) is 0 Å². The minimum Gasteiger partial charge on any atom is -0.489 e. The highest BCUT2D eigenvalue weighted by atomic mass is 32.1. The molecule has 1 atom stereocenters. The number of allylic oxidation sites excluding steroid dienone is 1. The van der Waals surface area contributed by atoms with Gasteiger partial charge in [-0.3, -0.25) is 4.79 Å². The Balaban J connectivity index is 1.52. The number of rotatable bonds is 6. The number of carbonyl (C=O) groups is 1. The molecule has 1 aliphatic rings. The topological polar surface area (TPSA) is 62.4 Å². The number of anilines is 1. The summed E-state index contributed by atoms with van der Waals surface area (Å²) in [6.45, 7) is 2.36. The number of hydrogen-bond acceptors (Lipinski definition) is 3. The number of hydrogen-bond donors (Lipinski definition) is 3. The Bertz CT molecular complexity index is 1100. The molecule has 0 aromatic heterocycles. The van der Waals surface area contributed by atoms with Gasteiger partial charge in [0.1, 0.15) is 12.4 Å². The van der Waals surface area contributed by atoms with Gasteiger partial charge in [0, 0.05) is 11.4 Å². The Labute approximate surface area is 187 Å². The lowest BCUT2D eigenvalue weighted by Gasteiger charge is -2.30. The van der Waals surface area contributed by atoms with Crippen LogP contribution in [0.2, 0.25) is 0 Å². The third-order valence-corrected chi connectivity index (χ3v) is 5.23. The lowest BCUT2D eigenvalue weighted by atomic mass is 9.95. The molecule has 0 radical (unpaired) electrons. The van der Waals surface area contributed by atoms with E-state index in [1.54, 1.807) is 0 Å². The summed E-state index contributed by atoms with van der Waals surface area (Å²) in [5.41, 5.74) is 4.09. The molecule has 0 unspecified atom stereocenters. The molecule has 0 spiro atoms. The molecule has 156 valence electrons. The van der Waals surface area contributed by atoms with E-state index in [0.717, 1.165) is 28.3 Å². The number of carbonyl (C=O) groups excluding carboxylic acids is 1. The van der Waals surface area contributed by atoms with E-state index < -0.39 is 0 Å². The number of ether oxygens (including phenoxy) is 1. The maximum atomic E-state index is 13.1. The van der Waals surface area contributed by atoms with Gasteiger partial charge in [-0.2, -0.15) is 0 Å². The van der Waals surface area contributed by atoms with Gasteiger partial charge in [0.2, 0.25) is 0 Å². The van der Waals surface area contributed by atoms with Gasteiger partial charge in [0.15, 0.2) is 5.11 Å². The second-order valence-corrected chi connectivity index (χ2v) is 7.64. The van der Waals surface area contributed by atoms with E-state index in [4.69, 9.17) is 17.0 Å². The molecule has 31 heavy (non-hydrogen) atoms. The first-order valence-corrected chi connectivity index (χ1v) is 10.4. The summed E-state index contributed by atoms with van der Waals surface area (Å²) in [6.07, 6.45) is 0. The van der Waals surface area contributed by atoms with Crippen LogP contribution in [0.25, 0.3) is 0 Å². The van der Waals surface area contributed by atoms with Crippen LogP contribution in [0.4, 0.5) is 5.69 Å². The fourth-order valence-electron chi connectivity index (χ4n) is 3.46. The summed E-state index contributed by atoms with van der Waals surface area (Å²) < 4.78 is 5.88. The van der Waals surface area contributed by atoms with Crippen LogP contribution >= 0.6 is 12.2 Å². The maximum Gasteiger partial charge on any atom is 0.255 e. The summed E-state index contributed by atoms with van der Waals surface area (Å²) in [6, 6.07) is 26.8. The van der Waals surface area contributed by atoms with Gasteiger partial charge < -0.3 is 20.7 Å². The van der Waals surface area contributed by atoms with Crippen molar-refractivity contribution in [3.05, 3.63) is 107 Å². The number of benzene rings is 3. The Morgan fingerprint density at radius 3 is 2.29 bits per heavy atom. The van der Waals surface area contributed by atoms with Crippen molar-refractivity contribution in [3.63, 3.8) is 0 Å². The molecule has 1 aliphatic heterocycles. The van der Waals surface area contributed by atoms with Crippen LogP contribution in [0, 0.1) is 0 Å². The van der Waals surface area contributed by atoms with Crippen molar-refractivity contribution in [2.45, 2.75) is 19.6 Å². The number of para-hydroxylation sites is 1. The van der Waals surface area contributed by atoms with E-state index in [0.29, 0.717) is 17.3 Å². The van der Waals surface area contributed by atoms with E-state index in [-0.39, 0.29) is 11.9 Å². The molecule has 3 N–H and O–H groups in total. The van der Waals surface area contributed by atoms with Crippen LogP contribution in [0.5, 0.6) is 5.75 Å². The highest BCUT2D eigenvalue weighted by Gasteiger charge is 2.29. The van der Waals surface area contributed by atoms with E-state index in [1.807, 2.05) is 91.9 Å². The highest BCUT2D eigenvalue weighted by molar-refractivity contribution is 7.80. The Kier molecular flexibility index (Phi) is 6.29. The monoisotopic (exact) mass is 429 g/mol. The average molecular weight is 430 g/mol. The zero-order valence-corrected chi connectivity index (χ0v) is 17.9. The van der Waals surface area contributed by atoms with Crippen molar-refractivity contribution in [3.8, 4) is 5.75 Å². The Morgan fingerprint density at radius 1 is 0.968 bits per heavy atom. The predicted octanol–water partition coefficient (Wildman–Crippen LogP) is 4.70. The van der Waals surface area contributed by atoms with Gasteiger partial charge in [0.05, 0.1) is 11.6 Å². The molecule has 5 nitrogen and oxygen atoms in total. The summed E-state index contributed by atoms with van der Waals surface area (Å²) in [7, 11) is 0. The summed E-state index contributed by atoms with van der Waals surface area (Å²) >= 11 is 5.34. The van der Waals surface area contributed by atoms with E-state index in [9.17, 15) is 4.79 Å². The highest BCUT2D eigenvalue weighted by Crippen LogP contribution is 2.29. The first-order chi connectivity index (χ1) is 15.1. The van der Waals surface area contributed by atoms with Crippen molar-refractivity contribution in [2.24, 2.45) is 0 Å². The van der Waals surface area contributed by atoms with Gasteiger partial charge >= 0.3 is 0 Å². The number of nitrogens with one attached hydrogen (secondary N) is 3. The zero-order chi connectivity index (χ0) is 21.6. The quantitative estimate of drug-likeness (QED) is 0.496. The number of amides is 1. The molecule has 0 saturated carbocycles. The third-order valence-electron chi connectivity index (χ3n) is 5.01. The van der Waals surface area contributed by atoms with Crippen molar-refractivity contribution in [1.82, 2.24) is 10.6 Å². The molecule has 3 aromatic carbocycles. The minimum absolute atomic E-state index is 0.180. The molecule has 1 heterocycles. The molecular formula is C25H23N3O2S. The van der Waals surface area contributed by atoms with Crippen LogP contribution in [-0.2, 0) is 11.4 Å². The van der Waals surface area contributed by atoms with Crippen LogP contribution in [-0.4, -0.2) is 11.0 Å². The second kappa shape index (κ2) is 9.45. The SMILES string of the molecule is CC1=C(C(=O)Nc2ccccc2)[C@H](c2ccc(OCc3ccccc3)cc2)NC(=S)N1. The van der Waals surface area contributed by atoms with Crippen LogP contribution < -0.4 is 20.7 Å². The van der Waals surface area contributed by atoms with Crippen LogP contribution in [0.3, 0.4) is 0 Å². The molecule has 0 bridgehead atoms. The van der Waals surface area contributed by atoms with E-state index in [2.05, 4.69) is 16.0 Å². The normalized spacial score (nSPS) is 15.6. The minimum atomic E-state index is -0.361. The van der Waals surface area contributed by atoms with Gasteiger partial charge in [-0.25, -0.2) is 0 Å². The number of thiocarbonyl (C=S) groups is 1. The van der Waals surface area contributed by atoms with Gasteiger partial charge in [-0.05, 0) is 54.5 Å². The molecule has 0 aliphatic carbocycles. The smallest absolute Gasteiger partial charge is 0.255 e. The van der Waals surface area contributed by atoms with Crippen LogP contribution in [0.1, 0.15) is 24.1 Å². The van der Waals surface area contributed by atoms with E-state index >= 15 is 0 Å². The third kappa shape index (κ3) is 5.10. The zero-order valence-electron chi connectivity index (χ0n) is 17.1. The largest absolute Gasteiger partial charge is 0.489 e. The molecule has 6 heteroatoms. The first kappa shape index (κ1) is 20.6. The van der Waals surface area contributed by atoms with Gasteiger partial charge in [-0.1, -0.05) is 60.7 Å². The van der Waals surface area contributed by atoms with Crippen molar-refractivity contribution >= 4 is 28.9 Å². The molecule has 0 fully saturated rings. The molecular weight excluding hydrogens is 406 g/mol. The molecule has 0 saturated heterocycles. The summed E-state index contributed by atoms with van der Waals surface area (Å²) in [5, 5.41) is 9.73. The lowest BCUT2D eigenvalue weighted by molar-refractivity contribution is -0.113.